The highest BCUT2D eigenvalue weighted by Crippen LogP contribution is 2.39. The average Bonchev–Trinajstić information content (AvgIpc) is 3.91. The van der Waals surface area contributed by atoms with Crippen LogP contribution in [0.4, 0.5) is 0 Å². The smallest absolute Gasteiger partial charge is 0.121 e. The number of hydrogen-bond donors (Lipinski definition) is 0. The molecule has 0 atom stereocenters. The number of nitriles is 2. The van der Waals surface area contributed by atoms with E-state index in [4.69, 9.17) is 0 Å². The Morgan fingerprint density at radius 3 is 1.47 bits per heavy atom. The van der Waals surface area contributed by atoms with Crippen LogP contribution in [0, 0.1) is 22.7 Å². The van der Waals surface area contributed by atoms with Gasteiger partial charge in [0, 0.05) is 44.0 Å². The van der Waals surface area contributed by atoms with Crippen LogP contribution in [0.2, 0.25) is 0 Å². The van der Waals surface area contributed by atoms with Gasteiger partial charge in [0.25, 0.3) is 0 Å². The minimum absolute atomic E-state index is 0.566. The molecule has 10 rings (SSSR count). The van der Waals surface area contributed by atoms with E-state index in [9.17, 15) is 10.5 Å². The maximum Gasteiger partial charge on any atom is 0.121 e. The molecule has 3 aromatic heterocycles. The van der Waals surface area contributed by atoms with Gasteiger partial charge < -0.3 is 9.13 Å². The fourth-order valence-electron chi connectivity index (χ4n) is 7.66. The molecule has 0 spiro atoms. The Morgan fingerprint density at radius 1 is 0.415 bits per heavy atom. The molecule has 0 N–H and O–H groups in total. The summed E-state index contributed by atoms with van der Waals surface area (Å²) in [5.74, 6) is 0. The summed E-state index contributed by atoms with van der Waals surface area (Å²) in [6.07, 6.45) is 0. The van der Waals surface area contributed by atoms with Crippen LogP contribution in [-0.4, -0.2) is 24.1 Å². The highest BCUT2D eigenvalue weighted by Gasteiger charge is 2.21. The van der Waals surface area contributed by atoms with Crippen molar-refractivity contribution >= 4 is 43.6 Å². The van der Waals surface area contributed by atoms with Gasteiger partial charge in [-0.1, -0.05) is 90.1 Å². The lowest BCUT2D eigenvalue weighted by molar-refractivity contribution is 0.808. The lowest BCUT2D eigenvalue weighted by Crippen LogP contribution is -2.01. The van der Waals surface area contributed by atoms with Gasteiger partial charge in [-0.2, -0.15) is 10.5 Å². The molecule has 0 aliphatic carbocycles. The van der Waals surface area contributed by atoms with Crippen LogP contribution >= 0.6 is 0 Å². The first-order valence-electron chi connectivity index (χ1n) is 17.3. The van der Waals surface area contributed by atoms with Crippen LogP contribution in [0.5, 0.6) is 0 Å². The first kappa shape index (κ1) is 30.1. The zero-order valence-electron chi connectivity index (χ0n) is 28.2. The predicted octanol–water partition coefficient (Wildman–Crippen LogP) is 10.5. The van der Waals surface area contributed by atoms with Crippen LogP contribution in [0.25, 0.3) is 83.2 Å². The van der Waals surface area contributed by atoms with Crippen LogP contribution in [0.1, 0.15) is 11.1 Å². The minimum atomic E-state index is 0.566. The van der Waals surface area contributed by atoms with Crippen LogP contribution in [-0.2, 0) is 0 Å². The molecule has 7 heteroatoms. The molecule has 246 valence electrons. The normalized spacial score (nSPS) is 11.4. The van der Waals surface area contributed by atoms with E-state index < -0.39 is 0 Å². The largest absolute Gasteiger partial charge is 0.309 e. The SMILES string of the molecule is N#Cc1ccc(-c2nnn(-c3ccc(C#N)cc3)c2-c2ccc3c4ccccc4n(-c4cccc(-n5c6ccccc6c6ccccc65)c4)c3c2)cc1. The summed E-state index contributed by atoms with van der Waals surface area (Å²) < 4.78 is 6.51. The summed E-state index contributed by atoms with van der Waals surface area (Å²) >= 11 is 0. The zero-order valence-corrected chi connectivity index (χ0v) is 28.2. The van der Waals surface area contributed by atoms with Crippen molar-refractivity contribution in [2.75, 3.05) is 0 Å². The van der Waals surface area contributed by atoms with E-state index in [0.29, 0.717) is 16.8 Å². The molecule has 7 aromatic carbocycles. The molecule has 0 saturated carbocycles. The third-order valence-corrected chi connectivity index (χ3v) is 10.1. The second-order valence-electron chi connectivity index (χ2n) is 13.0. The molecular weight excluding hydrogens is 651 g/mol. The van der Waals surface area contributed by atoms with Gasteiger partial charge in [-0.25, -0.2) is 4.68 Å². The highest BCUT2D eigenvalue weighted by atomic mass is 15.4. The second kappa shape index (κ2) is 11.9. The van der Waals surface area contributed by atoms with Crippen LogP contribution in [0.15, 0.2) is 164 Å². The van der Waals surface area contributed by atoms with Crippen molar-refractivity contribution in [2.24, 2.45) is 0 Å². The number of nitrogens with zero attached hydrogens (tertiary/aromatic N) is 7. The molecule has 7 nitrogen and oxygen atoms in total. The molecule has 53 heavy (non-hydrogen) atoms. The lowest BCUT2D eigenvalue weighted by Gasteiger charge is -2.14. The minimum Gasteiger partial charge on any atom is -0.309 e. The van der Waals surface area contributed by atoms with Crippen LogP contribution < -0.4 is 0 Å². The van der Waals surface area contributed by atoms with Crippen LogP contribution in [0.3, 0.4) is 0 Å². The predicted molar refractivity (Wildman–Crippen MR) is 210 cm³/mol. The Bertz CT molecular complexity index is 3000. The molecule has 0 amide bonds. The lowest BCUT2D eigenvalue weighted by atomic mass is 10.0. The third-order valence-electron chi connectivity index (χ3n) is 10.1. The molecule has 0 unspecified atom stereocenters. The summed E-state index contributed by atoms with van der Waals surface area (Å²) in [6.45, 7) is 0. The van der Waals surface area contributed by atoms with Gasteiger partial charge in [-0.05, 0) is 78.9 Å². The fraction of sp³-hybridized carbons (Fsp3) is 0. The Balaban J connectivity index is 1.21. The Hall–Kier alpha value is -7.74. The topological polar surface area (TPSA) is 88.2 Å². The molecule has 0 aliphatic rings. The molecule has 0 bridgehead atoms. The van der Waals surface area contributed by atoms with E-state index in [1.165, 1.54) is 10.8 Å². The summed E-state index contributed by atoms with van der Waals surface area (Å²) in [6, 6.07) is 60.1. The first-order valence-corrected chi connectivity index (χ1v) is 17.3. The number of hydrogen-bond acceptors (Lipinski definition) is 4. The van der Waals surface area contributed by atoms with E-state index in [1.807, 2.05) is 28.9 Å². The number of rotatable bonds is 5. The monoisotopic (exact) mass is 677 g/mol. The number of para-hydroxylation sites is 3. The van der Waals surface area contributed by atoms with Gasteiger partial charge in [0.1, 0.15) is 11.4 Å². The van der Waals surface area contributed by atoms with E-state index >= 15 is 0 Å². The van der Waals surface area contributed by atoms with E-state index in [1.54, 1.807) is 24.3 Å². The quantitative estimate of drug-likeness (QED) is 0.181. The summed E-state index contributed by atoms with van der Waals surface area (Å²) in [7, 11) is 0. The van der Waals surface area contributed by atoms with Crippen molar-refractivity contribution in [1.29, 1.82) is 10.5 Å². The van der Waals surface area contributed by atoms with Crippen molar-refractivity contribution in [3.05, 3.63) is 175 Å². The van der Waals surface area contributed by atoms with E-state index in [0.717, 1.165) is 66.7 Å². The second-order valence-corrected chi connectivity index (χ2v) is 13.0. The van der Waals surface area contributed by atoms with E-state index in [-0.39, 0.29) is 0 Å². The summed E-state index contributed by atoms with van der Waals surface area (Å²) in [4.78, 5) is 0. The Morgan fingerprint density at radius 2 is 0.906 bits per heavy atom. The molecule has 0 fully saturated rings. The van der Waals surface area contributed by atoms with Gasteiger partial charge in [0.15, 0.2) is 0 Å². The standard InChI is InChI=1S/C46H27N7/c47-28-30-16-20-32(21-17-30)45-46(53(50-49-45)34-23-18-31(29-48)19-24-34)33-22-25-40-39-12-3-6-15-43(39)52(44(40)26-33)36-9-7-8-35(27-36)51-41-13-4-1-10-37(41)38-11-2-5-14-42(38)51/h1-27H. The van der Waals surface area contributed by atoms with Crippen molar-refractivity contribution in [3.8, 4) is 51.7 Å². The van der Waals surface area contributed by atoms with Crippen molar-refractivity contribution in [2.45, 2.75) is 0 Å². The fourth-order valence-corrected chi connectivity index (χ4v) is 7.66. The third kappa shape index (κ3) is 4.73. The summed E-state index contributed by atoms with van der Waals surface area (Å²) in [5, 5.41) is 33.0. The molecule has 0 radical (unpaired) electrons. The summed E-state index contributed by atoms with van der Waals surface area (Å²) in [5.41, 5.74) is 11.8. The molecule has 0 aliphatic heterocycles. The molecule has 3 heterocycles. The average molecular weight is 678 g/mol. The highest BCUT2D eigenvalue weighted by molar-refractivity contribution is 6.11. The van der Waals surface area contributed by atoms with Gasteiger partial charge in [0.05, 0.1) is 51.0 Å². The van der Waals surface area contributed by atoms with Gasteiger partial charge in [-0.3, -0.25) is 0 Å². The number of benzene rings is 7. The van der Waals surface area contributed by atoms with Crippen molar-refractivity contribution in [3.63, 3.8) is 0 Å². The van der Waals surface area contributed by atoms with Gasteiger partial charge >= 0.3 is 0 Å². The zero-order chi connectivity index (χ0) is 35.5. The van der Waals surface area contributed by atoms with Gasteiger partial charge in [0.2, 0.25) is 0 Å². The molecule has 0 saturated heterocycles. The van der Waals surface area contributed by atoms with Gasteiger partial charge in [-0.15, -0.1) is 5.10 Å². The molecule has 10 aromatic rings. The maximum atomic E-state index is 9.46. The van der Waals surface area contributed by atoms with Crippen molar-refractivity contribution in [1.82, 2.24) is 24.1 Å². The van der Waals surface area contributed by atoms with Crippen molar-refractivity contribution < 1.29 is 0 Å². The Labute approximate surface area is 304 Å². The maximum absolute atomic E-state index is 9.46. The van der Waals surface area contributed by atoms with E-state index in [2.05, 4.69) is 147 Å². The number of fused-ring (bicyclic) bond motifs is 6. The molecular formula is C46H27N7. The number of aromatic nitrogens is 5. The first-order chi connectivity index (χ1) is 26.2. The Kier molecular flexibility index (Phi) is 6.79.